The Hall–Kier alpha value is -1.62. The minimum absolute atomic E-state index is 0.00551. The van der Waals surface area contributed by atoms with Gasteiger partial charge in [-0.15, -0.1) is 0 Å². The van der Waals surface area contributed by atoms with Crippen molar-refractivity contribution in [2.75, 3.05) is 5.48 Å². The van der Waals surface area contributed by atoms with E-state index in [1.165, 1.54) is 12.1 Å². The highest BCUT2D eigenvalue weighted by atomic mass is 16.6. The molecule has 0 aromatic heterocycles. The average Bonchev–Trinajstić information content (AvgIpc) is 2.04. The van der Waals surface area contributed by atoms with E-state index in [2.05, 4.69) is 0 Å². The van der Waals surface area contributed by atoms with Crippen LogP contribution in [0.5, 0.6) is 0 Å². The molecular weight excluding hydrogens is 160 g/mol. The molecule has 0 saturated carbocycles. The van der Waals surface area contributed by atoms with Crippen LogP contribution in [0.3, 0.4) is 0 Å². The van der Waals surface area contributed by atoms with Gasteiger partial charge in [0.2, 0.25) is 0 Å². The van der Waals surface area contributed by atoms with Gasteiger partial charge in [-0.1, -0.05) is 6.07 Å². The number of nitrogens with one attached hydrogen (secondary N) is 1. The molecule has 1 aromatic carbocycles. The summed E-state index contributed by atoms with van der Waals surface area (Å²) in [5.74, 6) is 0. The zero-order chi connectivity index (χ0) is 9.14. The molecule has 0 radical (unpaired) electrons. The van der Waals surface area contributed by atoms with E-state index < -0.39 is 4.92 Å². The van der Waals surface area contributed by atoms with Gasteiger partial charge in [0.25, 0.3) is 5.69 Å². The Kier molecular flexibility index (Phi) is 2.25. The maximum Gasteiger partial charge on any atom is 0.274 e. The number of rotatable bonds is 2. The maximum absolute atomic E-state index is 10.4. The molecule has 2 N–H and O–H groups in total. The van der Waals surface area contributed by atoms with E-state index >= 15 is 0 Å². The maximum atomic E-state index is 10.4. The second kappa shape index (κ2) is 3.19. The molecule has 0 atom stereocenters. The molecule has 0 bridgehead atoms. The highest BCUT2D eigenvalue weighted by Crippen LogP contribution is 2.24. The van der Waals surface area contributed by atoms with Gasteiger partial charge in [0, 0.05) is 6.07 Å². The minimum Gasteiger partial charge on any atom is -0.291 e. The predicted octanol–water partition coefficient (Wildman–Crippen LogP) is 1.70. The molecule has 0 aliphatic rings. The van der Waals surface area contributed by atoms with Crippen molar-refractivity contribution in [3.05, 3.63) is 33.9 Å². The lowest BCUT2D eigenvalue weighted by molar-refractivity contribution is -0.385. The molecule has 0 spiro atoms. The van der Waals surface area contributed by atoms with Crippen molar-refractivity contribution in [3.8, 4) is 0 Å². The first kappa shape index (κ1) is 8.48. The summed E-state index contributed by atoms with van der Waals surface area (Å²) < 4.78 is 0. The first-order valence-corrected chi connectivity index (χ1v) is 3.31. The van der Waals surface area contributed by atoms with Crippen LogP contribution in [0.15, 0.2) is 18.2 Å². The molecule has 1 rings (SSSR count). The average molecular weight is 168 g/mol. The topological polar surface area (TPSA) is 75.4 Å². The van der Waals surface area contributed by atoms with E-state index in [-0.39, 0.29) is 5.69 Å². The first-order valence-electron chi connectivity index (χ1n) is 3.31. The van der Waals surface area contributed by atoms with Crippen molar-refractivity contribution < 1.29 is 10.1 Å². The number of anilines is 1. The van der Waals surface area contributed by atoms with E-state index in [9.17, 15) is 10.1 Å². The molecule has 5 heteroatoms. The third kappa shape index (κ3) is 1.35. The molecule has 0 heterocycles. The van der Waals surface area contributed by atoms with Crippen molar-refractivity contribution in [2.24, 2.45) is 0 Å². The quantitative estimate of drug-likeness (QED) is 0.520. The van der Waals surface area contributed by atoms with Crippen LogP contribution in [-0.2, 0) is 0 Å². The van der Waals surface area contributed by atoms with Crippen molar-refractivity contribution in [1.82, 2.24) is 0 Å². The molecule has 0 fully saturated rings. The second-order valence-corrected chi connectivity index (χ2v) is 2.32. The Balaban J connectivity index is 3.23. The molecule has 0 aliphatic carbocycles. The molecule has 12 heavy (non-hydrogen) atoms. The monoisotopic (exact) mass is 168 g/mol. The van der Waals surface area contributed by atoms with Crippen LogP contribution >= 0.6 is 0 Å². The first-order chi connectivity index (χ1) is 5.66. The number of nitrogens with zero attached hydrogens (tertiary/aromatic N) is 1. The predicted molar refractivity (Wildman–Crippen MR) is 43.2 cm³/mol. The van der Waals surface area contributed by atoms with E-state index in [0.717, 1.165) is 0 Å². The number of hydrogen-bond acceptors (Lipinski definition) is 4. The Bertz CT molecular complexity index is 312. The second-order valence-electron chi connectivity index (χ2n) is 2.32. The van der Waals surface area contributed by atoms with Gasteiger partial charge < -0.3 is 0 Å². The molecule has 0 saturated heterocycles. The Morgan fingerprint density at radius 3 is 2.75 bits per heavy atom. The van der Waals surface area contributed by atoms with Crippen LogP contribution in [-0.4, -0.2) is 10.1 Å². The van der Waals surface area contributed by atoms with E-state index in [0.29, 0.717) is 11.3 Å². The summed E-state index contributed by atoms with van der Waals surface area (Å²) >= 11 is 0. The van der Waals surface area contributed by atoms with Crippen LogP contribution in [0, 0.1) is 17.0 Å². The molecule has 5 nitrogen and oxygen atoms in total. The van der Waals surface area contributed by atoms with Crippen molar-refractivity contribution in [3.63, 3.8) is 0 Å². The summed E-state index contributed by atoms with van der Waals surface area (Å²) in [7, 11) is 0. The van der Waals surface area contributed by atoms with Crippen molar-refractivity contribution in [2.45, 2.75) is 6.92 Å². The fourth-order valence-electron chi connectivity index (χ4n) is 0.942. The lowest BCUT2D eigenvalue weighted by Gasteiger charge is -2.02. The summed E-state index contributed by atoms with van der Waals surface area (Å²) in [5.41, 5.74) is 2.65. The number of benzene rings is 1. The van der Waals surface area contributed by atoms with Gasteiger partial charge in [0.1, 0.15) is 0 Å². The summed E-state index contributed by atoms with van der Waals surface area (Å²) in [6, 6.07) is 4.45. The lowest BCUT2D eigenvalue weighted by Crippen LogP contribution is -1.97. The number of nitro benzene ring substituents is 1. The highest BCUT2D eigenvalue weighted by Gasteiger charge is 2.11. The van der Waals surface area contributed by atoms with Gasteiger partial charge in [-0.25, -0.2) is 0 Å². The summed E-state index contributed by atoms with van der Waals surface area (Å²) in [4.78, 5) is 9.90. The van der Waals surface area contributed by atoms with E-state index in [1.54, 1.807) is 13.0 Å². The Labute approximate surface area is 68.7 Å². The zero-order valence-electron chi connectivity index (χ0n) is 6.44. The van der Waals surface area contributed by atoms with Gasteiger partial charge in [0.05, 0.1) is 16.2 Å². The van der Waals surface area contributed by atoms with Crippen molar-refractivity contribution >= 4 is 11.4 Å². The molecule has 64 valence electrons. The normalized spacial score (nSPS) is 9.50. The SMILES string of the molecule is Cc1c(NO)cccc1[N+](=O)[O-]. The number of hydrogen-bond donors (Lipinski definition) is 2. The van der Waals surface area contributed by atoms with Crippen LogP contribution in [0.2, 0.25) is 0 Å². The molecule has 0 unspecified atom stereocenters. The van der Waals surface area contributed by atoms with E-state index in [1.807, 2.05) is 5.48 Å². The standard InChI is InChI=1S/C7H8N2O3/c1-5-6(8-10)3-2-4-7(5)9(11)12/h2-4,8,10H,1H3. The Morgan fingerprint density at radius 1 is 1.58 bits per heavy atom. The van der Waals surface area contributed by atoms with Crippen LogP contribution < -0.4 is 5.48 Å². The van der Waals surface area contributed by atoms with Gasteiger partial charge in [-0.2, -0.15) is 0 Å². The fourth-order valence-corrected chi connectivity index (χ4v) is 0.942. The van der Waals surface area contributed by atoms with Gasteiger partial charge >= 0.3 is 0 Å². The van der Waals surface area contributed by atoms with Gasteiger partial charge in [-0.3, -0.25) is 20.8 Å². The van der Waals surface area contributed by atoms with Crippen LogP contribution in [0.25, 0.3) is 0 Å². The zero-order valence-corrected chi connectivity index (χ0v) is 6.44. The summed E-state index contributed by atoms with van der Waals surface area (Å²) in [6.07, 6.45) is 0. The highest BCUT2D eigenvalue weighted by molar-refractivity contribution is 5.58. The van der Waals surface area contributed by atoms with E-state index in [4.69, 9.17) is 5.21 Å². The molecular formula is C7H8N2O3. The van der Waals surface area contributed by atoms with Gasteiger partial charge in [-0.05, 0) is 13.0 Å². The third-order valence-corrected chi connectivity index (χ3v) is 1.62. The Morgan fingerprint density at radius 2 is 2.25 bits per heavy atom. The molecule has 0 amide bonds. The smallest absolute Gasteiger partial charge is 0.274 e. The van der Waals surface area contributed by atoms with Crippen molar-refractivity contribution in [1.29, 1.82) is 0 Å². The van der Waals surface area contributed by atoms with Crippen LogP contribution in [0.1, 0.15) is 5.56 Å². The number of nitro groups is 1. The van der Waals surface area contributed by atoms with Gasteiger partial charge in [0.15, 0.2) is 0 Å². The summed E-state index contributed by atoms with van der Waals surface area (Å²) in [5, 5.41) is 18.9. The third-order valence-electron chi connectivity index (χ3n) is 1.62. The minimum atomic E-state index is -0.490. The lowest BCUT2D eigenvalue weighted by atomic mass is 10.2. The molecule has 0 aliphatic heterocycles. The fraction of sp³-hybridized carbons (Fsp3) is 0.143. The summed E-state index contributed by atoms with van der Waals surface area (Å²) in [6.45, 7) is 1.57. The largest absolute Gasteiger partial charge is 0.291 e. The molecule has 1 aromatic rings. The van der Waals surface area contributed by atoms with Crippen LogP contribution in [0.4, 0.5) is 11.4 Å².